The lowest BCUT2D eigenvalue weighted by molar-refractivity contribution is 0.0217. The molecule has 0 unspecified atom stereocenters. The molecule has 3 aliphatic heterocycles. The Hall–Kier alpha value is -1.79. The average molecular weight is 328 g/mol. The Kier molecular flexibility index (Phi) is 3.87. The minimum Gasteiger partial charge on any atom is -0.345 e. The summed E-state index contributed by atoms with van der Waals surface area (Å²) >= 11 is 1.43. The van der Waals surface area contributed by atoms with Crippen LogP contribution in [0.15, 0.2) is 30.7 Å². The predicted octanol–water partition coefficient (Wildman–Crippen LogP) is 2.42. The lowest BCUT2D eigenvalue weighted by atomic mass is 9.79. The number of aromatic nitrogens is 2. The smallest absolute Gasteiger partial charge is 0.280 e. The largest absolute Gasteiger partial charge is 0.345 e. The van der Waals surface area contributed by atoms with E-state index in [1.807, 2.05) is 12.1 Å². The second kappa shape index (κ2) is 6.02. The predicted molar refractivity (Wildman–Crippen MR) is 90.4 cm³/mol. The number of hydrogen-bond donors (Lipinski definition) is 1. The van der Waals surface area contributed by atoms with Gasteiger partial charge in [-0.15, -0.1) is 11.3 Å². The van der Waals surface area contributed by atoms with Gasteiger partial charge in [0.05, 0.1) is 4.88 Å². The molecular weight excluding hydrogens is 308 g/mol. The molecule has 0 saturated carbocycles. The lowest BCUT2D eigenvalue weighted by Gasteiger charge is -2.49. The molecule has 6 heteroatoms. The Balaban J connectivity index is 1.49. The Labute approximate surface area is 139 Å². The second-order valence-corrected chi connectivity index (χ2v) is 7.42. The van der Waals surface area contributed by atoms with Crippen LogP contribution in [0.1, 0.15) is 29.6 Å². The molecule has 5 nitrogen and oxygen atoms in total. The maximum atomic E-state index is 12.6. The zero-order chi connectivity index (χ0) is 15.8. The van der Waals surface area contributed by atoms with E-state index in [1.165, 1.54) is 37.3 Å². The Morgan fingerprint density at radius 2 is 2.17 bits per heavy atom. The van der Waals surface area contributed by atoms with Gasteiger partial charge in [-0.1, -0.05) is 6.07 Å². The molecule has 3 fully saturated rings. The normalized spacial score (nSPS) is 29.4. The highest BCUT2D eigenvalue weighted by Crippen LogP contribution is 2.32. The molecular formula is C17H20N4OS. The van der Waals surface area contributed by atoms with Crippen molar-refractivity contribution in [1.29, 1.82) is 0 Å². The zero-order valence-corrected chi connectivity index (χ0v) is 13.9. The second-order valence-electron chi connectivity index (χ2n) is 6.38. The fourth-order valence-electron chi connectivity index (χ4n) is 3.78. The van der Waals surface area contributed by atoms with Gasteiger partial charge in [-0.05, 0) is 44.8 Å². The Morgan fingerprint density at radius 1 is 1.35 bits per heavy atom. The summed E-state index contributed by atoms with van der Waals surface area (Å²) < 4.78 is 0. The van der Waals surface area contributed by atoms with E-state index < -0.39 is 0 Å². The number of hydrogen-bond acceptors (Lipinski definition) is 5. The van der Waals surface area contributed by atoms with E-state index in [9.17, 15) is 4.79 Å². The Bertz CT molecular complexity index is 692. The van der Waals surface area contributed by atoms with Gasteiger partial charge in [0.1, 0.15) is 0 Å². The first kappa shape index (κ1) is 14.8. The third kappa shape index (κ3) is 2.77. The molecule has 120 valence electrons. The Morgan fingerprint density at radius 3 is 2.87 bits per heavy atom. The van der Waals surface area contributed by atoms with Crippen LogP contribution in [0.25, 0.3) is 10.4 Å². The van der Waals surface area contributed by atoms with E-state index >= 15 is 0 Å². The van der Waals surface area contributed by atoms with Crippen molar-refractivity contribution in [3.8, 4) is 10.4 Å². The van der Waals surface area contributed by atoms with Crippen LogP contribution < -0.4 is 5.32 Å². The van der Waals surface area contributed by atoms with Crippen LogP contribution in [-0.2, 0) is 0 Å². The molecule has 1 amide bonds. The number of carbonyl (C=O) groups is 1. The van der Waals surface area contributed by atoms with E-state index in [4.69, 9.17) is 0 Å². The summed E-state index contributed by atoms with van der Waals surface area (Å²) in [7, 11) is 0. The molecule has 5 rings (SSSR count). The minimum atomic E-state index is -0.0456. The van der Waals surface area contributed by atoms with Crippen LogP contribution in [0, 0.1) is 5.92 Å². The first-order chi connectivity index (χ1) is 11.2. The van der Waals surface area contributed by atoms with Crippen molar-refractivity contribution < 1.29 is 4.79 Å². The standard InChI is InChI=1S/C17H20N4OS/c1-11-15(12-4-7-21(11)8-5-12)20-16(22)17-19-10-14(23-17)13-3-2-6-18-9-13/h2-3,6,9-12,15H,4-5,7-8H2,1H3,(H,20,22)/t11-,15-/m0/s1. The molecule has 0 spiro atoms. The summed E-state index contributed by atoms with van der Waals surface area (Å²) in [6.45, 7) is 4.56. The number of thiazole rings is 1. The molecule has 23 heavy (non-hydrogen) atoms. The third-order valence-electron chi connectivity index (χ3n) is 5.12. The van der Waals surface area contributed by atoms with Crippen molar-refractivity contribution in [2.75, 3.05) is 13.1 Å². The fraction of sp³-hybridized carbons (Fsp3) is 0.471. The van der Waals surface area contributed by atoms with Crippen molar-refractivity contribution in [1.82, 2.24) is 20.2 Å². The van der Waals surface area contributed by atoms with Crippen molar-refractivity contribution in [3.63, 3.8) is 0 Å². The van der Waals surface area contributed by atoms with Gasteiger partial charge < -0.3 is 5.32 Å². The molecule has 5 heterocycles. The van der Waals surface area contributed by atoms with Crippen LogP contribution in [0.5, 0.6) is 0 Å². The van der Waals surface area contributed by atoms with Crippen LogP contribution in [0.3, 0.4) is 0 Å². The van der Waals surface area contributed by atoms with Crippen molar-refractivity contribution in [2.45, 2.75) is 31.8 Å². The van der Waals surface area contributed by atoms with Gasteiger partial charge in [0.2, 0.25) is 0 Å². The van der Waals surface area contributed by atoms with Gasteiger partial charge in [0, 0.05) is 36.2 Å². The van der Waals surface area contributed by atoms with Gasteiger partial charge >= 0.3 is 0 Å². The highest BCUT2D eigenvalue weighted by molar-refractivity contribution is 7.16. The summed E-state index contributed by atoms with van der Waals surface area (Å²) in [6, 6.07) is 4.54. The number of piperidine rings is 3. The molecule has 1 N–H and O–H groups in total. The average Bonchev–Trinajstić information content (AvgIpc) is 3.09. The SMILES string of the molecule is C[C@H]1[C@H](NC(=O)c2ncc(-c3cccnc3)s2)C2CCN1CC2. The van der Waals surface area contributed by atoms with Crippen LogP contribution in [0.2, 0.25) is 0 Å². The molecule has 0 radical (unpaired) electrons. The van der Waals surface area contributed by atoms with E-state index in [-0.39, 0.29) is 11.9 Å². The lowest BCUT2D eigenvalue weighted by Crippen LogP contribution is -2.62. The summed E-state index contributed by atoms with van der Waals surface area (Å²) in [4.78, 5) is 24.5. The molecule has 3 aliphatic rings. The molecule has 0 aromatic carbocycles. The maximum absolute atomic E-state index is 12.6. The first-order valence-electron chi connectivity index (χ1n) is 8.13. The number of amides is 1. The van der Waals surface area contributed by atoms with Gasteiger partial charge in [-0.2, -0.15) is 0 Å². The summed E-state index contributed by atoms with van der Waals surface area (Å²) in [5.74, 6) is 0.562. The van der Waals surface area contributed by atoms with E-state index in [2.05, 4.69) is 27.1 Å². The number of nitrogens with zero attached hydrogens (tertiary/aromatic N) is 3. The number of rotatable bonds is 3. The van der Waals surface area contributed by atoms with Crippen LogP contribution >= 0.6 is 11.3 Å². The van der Waals surface area contributed by atoms with Crippen LogP contribution in [0.4, 0.5) is 0 Å². The number of pyridine rings is 1. The monoisotopic (exact) mass is 328 g/mol. The fourth-order valence-corrected chi connectivity index (χ4v) is 4.59. The van der Waals surface area contributed by atoms with Crippen LogP contribution in [-0.4, -0.2) is 45.9 Å². The molecule has 0 aliphatic carbocycles. The van der Waals surface area contributed by atoms with Crippen molar-refractivity contribution in [2.24, 2.45) is 5.92 Å². The molecule has 2 aromatic heterocycles. The van der Waals surface area contributed by atoms with E-state index in [0.717, 1.165) is 10.4 Å². The number of carbonyl (C=O) groups excluding carboxylic acids is 1. The van der Waals surface area contributed by atoms with E-state index in [1.54, 1.807) is 18.6 Å². The molecule has 2 aromatic rings. The van der Waals surface area contributed by atoms with Crippen molar-refractivity contribution in [3.05, 3.63) is 35.7 Å². The van der Waals surface area contributed by atoms with Gasteiger partial charge in [-0.3, -0.25) is 14.7 Å². The highest BCUT2D eigenvalue weighted by atomic mass is 32.1. The molecule has 2 bridgehead atoms. The van der Waals surface area contributed by atoms with E-state index in [0.29, 0.717) is 17.0 Å². The van der Waals surface area contributed by atoms with Crippen molar-refractivity contribution >= 4 is 17.2 Å². The highest BCUT2D eigenvalue weighted by Gasteiger charge is 2.40. The molecule has 3 saturated heterocycles. The zero-order valence-electron chi connectivity index (χ0n) is 13.1. The summed E-state index contributed by atoms with van der Waals surface area (Å²) in [5, 5.41) is 3.77. The minimum absolute atomic E-state index is 0.0456. The summed E-state index contributed by atoms with van der Waals surface area (Å²) in [6.07, 6.45) is 7.68. The quantitative estimate of drug-likeness (QED) is 0.940. The first-order valence-corrected chi connectivity index (χ1v) is 8.95. The summed E-state index contributed by atoms with van der Waals surface area (Å²) in [5.41, 5.74) is 1.00. The maximum Gasteiger partial charge on any atom is 0.280 e. The molecule has 2 atom stereocenters. The number of fused-ring (bicyclic) bond motifs is 3. The topological polar surface area (TPSA) is 58.1 Å². The van der Waals surface area contributed by atoms with Gasteiger partial charge in [-0.25, -0.2) is 4.98 Å². The third-order valence-corrected chi connectivity index (χ3v) is 6.17. The van der Waals surface area contributed by atoms with Gasteiger partial charge in [0.25, 0.3) is 5.91 Å². The van der Waals surface area contributed by atoms with Gasteiger partial charge in [0.15, 0.2) is 5.01 Å². The number of nitrogens with one attached hydrogen (secondary N) is 1.